The zero-order chi connectivity index (χ0) is 18.0. The zero-order valence-electron chi connectivity index (χ0n) is 14.6. The predicted molar refractivity (Wildman–Crippen MR) is 100 cm³/mol. The van der Waals surface area contributed by atoms with Gasteiger partial charge in [0.25, 0.3) is 0 Å². The molecule has 3 heteroatoms. The second-order valence-electron chi connectivity index (χ2n) is 6.99. The summed E-state index contributed by atoms with van der Waals surface area (Å²) in [4.78, 5) is 3.15. The number of rotatable bonds is 3. The maximum absolute atomic E-state index is 13.3. The van der Waals surface area contributed by atoms with Crippen molar-refractivity contribution in [2.75, 3.05) is 0 Å². The summed E-state index contributed by atoms with van der Waals surface area (Å²) in [6, 6.07) is 21.6. The molecule has 128 valence electrons. The average Bonchev–Trinajstić information content (AvgIpc) is 2.58. The van der Waals surface area contributed by atoms with Crippen molar-refractivity contribution in [1.29, 1.82) is 0 Å². The van der Waals surface area contributed by atoms with E-state index in [2.05, 4.69) is 45.0 Å². The average molecular weight is 355 g/mol. The molecule has 0 unspecified atom stereocenters. The molecule has 0 amide bonds. The molecule has 0 aromatic heterocycles. The van der Waals surface area contributed by atoms with Gasteiger partial charge < -0.3 is 0 Å². The van der Waals surface area contributed by atoms with Crippen molar-refractivity contribution in [3.8, 4) is 0 Å². The molecule has 3 aromatic carbocycles. The van der Waals surface area contributed by atoms with Crippen molar-refractivity contribution < 1.29 is 8.78 Å². The number of benzene rings is 3. The van der Waals surface area contributed by atoms with Gasteiger partial charge in [-0.05, 0) is 71.6 Å². The zero-order valence-corrected chi connectivity index (χ0v) is 15.4. The molecule has 0 bridgehead atoms. The van der Waals surface area contributed by atoms with Crippen molar-refractivity contribution in [2.24, 2.45) is 0 Å². The fourth-order valence-electron chi connectivity index (χ4n) is 2.64. The van der Waals surface area contributed by atoms with E-state index in [0.717, 1.165) is 14.7 Å². The van der Waals surface area contributed by atoms with Crippen LogP contribution in [0.4, 0.5) is 8.78 Å². The van der Waals surface area contributed by atoms with E-state index < -0.39 is 10.9 Å². The Kier molecular flexibility index (Phi) is 4.96. The Morgan fingerprint density at radius 2 is 0.880 bits per heavy atom. The first kappa shape index (κ1) is 17.7. The van der Waals surface area contributed by atoms with Crippen LogP contribution in [-0.2, 0) is 16.3 Å². The molecule has 0 aliphatic heterocycles. The van der Waals surface area contributed by atoms with Crippen LogP contribution < -0.4 is 0 Å². The molecule has 0 aliphatic carbocycles. The van der Waals surface area contributed by atoms with Gasteiger partial charge in [-0.3, -0.25) is 0 Å². The van der Waals surface area contributed by atoms with E-state index in [1.165, 1.54) is 29.8 Å². The summed E-state index contributed by atoms with van der Waals surface area (Å²) in [5.74, 6) is -0.510. The van der Waals surface area contributed by atoms with Crippen molar-refractivity contribution >= 4 is 10.9 Å². The Balaban J connectivity index is 2.07. The highest BCUT2D eigenvalue weighted by Crippen LogP contribution is 2.33. The van der Waals surface area contributed by atoms with E-state index in [9.17, 15) is 8.78 Å². The molecule has 0 atom stereocenters. The Hall–Kier alpha value is -2.13. The molecule has 0 aliphatic rings. The van der Waals surface area contributed by atoms with E-state index >= 15 is 0 Å². The van der Waals surface area contributed by atoms with Crippen LogP contribution >= 0.6 is 0 Å². The first-order valence-electron chi connectivity index (χ1n) is 8.20. The van der Waals surface area contributed by atoms with Gasteiger partial charge in [-0.1, -0.05) is 32.9 Å². The van der Waals surface area contributed by atoms with Crippen molar-refractivity contribution in [3.63, 3.8) is 0 Å². The van der Waals surface area contributed by atoms with Gasteiger partial charge in [0.1, 0.15) is 11.6 Å². The summed E-state index contributed by atoms with van der Waals surface area (Å²) in [5.41, 5.74) is 1.35. The fraction of sp³-hybridized carbons (Fsp3) is 0.182. The van der Waals surface area contributed by atoms with E-state index in [-0.39, 0.29) is 17.0 Å². The second kappa shape index (κ2) is 7.01. The van der Waals surface area contributed by atoms with Crippen LogP contribution in [0.1, 0.15) is 26.3 Å². The van der Waals surface area contributed by atoms with E-state index in [1.807, 2.05) is 0 Å². The third-order valence-corrected chi connectivity index (χ3v) is 6.29. The van der Waals surface area contributed by atoms with Gasteiger partial charge in [-0.2, -0.15) is 0 Å². The highest BCUT2D eigenvalue weighted by molar-refractivity contribution is 7.97. The van der Waals surface area contributed by atoms with Gasteiger partial charge in [0, 0.05) is 0 Å². The summed E-state index contributed by atoms with van der Waals surface area (Å²) in [6.07, 6.45) is 0. The van der Waals surface area contributed by atoms with Crippen LogP contribution in [0.2, 0.25) is 0 Å². The van der Waals surface area contributed by atoms with Crippen LogP contribution in [-0.4, -0.2) is 0 Å². The Bertz CT molecular complexity index is 784. The molecule has 0 heterocycles. The normalized spacial score (nSPS) is 11.8. The van der Waals surface area contributed by atoms with Gasteiger partial charge in [-0.25, -0.2) is 8.78 Å². The highest BCUT2D eigenvalue weighted by atomic mass is 32.2. The molecule has 3 aromatic rings. The highest BCUT2D eigenvalue weighted by Gasteiger charge is 2.29. The molecule has 0 saturated heterocycles. The van der Waals surface area contributed by atoms with Crippen LogP contribution in [0.5, 0.6) is 0 Å². The van der Waals surface area contributed by atoms with Crippen LogP contribution in [0.25, 0.3) is 0 Å². The first-order chi connectivity index (χ1) is 11.8. The molecule has 0 fully saturated rings. The second-order valence-corrected chi connectivity index (χ2v) is 9.01. The predicted octanol–water partition coefficient (Wildman–Crippen LogP) is 6.36. The lowest BCUT2D eigenvalue weighted by molar-refractivity contribution is 0.589. The standard InChI is InChI=1S/C22H21F2S/c1-22(2,3)16-4-10-19(11-5-16)25(20-12-6-17(23)7-13-20)21-14-8-18(24)9-15-21/h4-15H,1-3H3/q+1. The Labute approximate surface area is 150 Å². The van der Waals surface area contributed by atoms with E-state index in [1.54, 1.807) is 24.3 Å². The molecular formula is C22H21F2S+. The molecule has 25 heavy (non-hydrogen) atoms. The number of hydrogen-bond donors (Lipinski definition) is 0. The summed E-state index contributed by atoms with van der Waals surface area (Å²) in [7, 11) is -0.400. The maximum atomic E-state index is 13.3. The maximum Gasteiger partial charge on any atom is 0.166 e. The Morgan fingerprint density at radius 1 is 0.560 bits per heavy atom. The molecule has 0 N–H and O–H groups in total. The lowest BCUT2D eigenvalue weighted by Crippen LogP contribution is -2.11. The lowest BCUT2D eigenvalue weighted by atomic mass is 9.87. The fourth-order valence-corrected chi connectivity index (χ4v) is 4.68. The molecule has 0 spiro atoms. The monoisotopic (exact) mass is 355 g/mol. The largest absolute Gasteiger partial charge is 0.207 e. The van der Waals surface area contributed by atoms with Crippen molar-refractivity contribution in [1.82, 2.24) is 0 Å². The van der Waals surface area contributed by atoms with Crippen LogP contribution in [0.15, 0.2) is 87.5 Å². The topological polar surface area (TPSA) is 0 Å². The minimum absolute atomic E-state index is 0.0862. The van der Waals surface area contributed by atoms with Gasteiger partial charge in [-0.15, -0.1) is 0 Å². The summed E-state index contributed by atoms with van der Waals surface area (Å²) < 4.78 is 26.7. The van der Waals surface area contributed by atoms with Crippen LogP contribution in [0, 0.1) is 11.6 Å². The molecule has 0 nitrogen and oxygen atoms in total. The van der Waals surface area contributed by atoms with Gasteiger partial charge in [0.05, 0.1) is 10.9 Å². The molecule has 0 radical (unpaired) electrons. The van der Waals surface area contributed by atoms with Gasteiger partial charge >= 0.3 is 0 Å². The lowest BCUT2D eigenvalue weighted by Gasteiger charge is -2.19. The molecular weight excluding hydrogens is 334 g/mol. The molecule has 0 saturated carbocycles. The van der Waals surface area contributed by atoms with E-state index in [4.69, 9.17) is 0 Å². The Morgan fingerprint density at radius 3 is 1.20 bits per heavy atom. The number of hydrogen-bond acceptors (Lipinski definition) is 0. The first-order valence-corrected chi connectivity index (χ1v) is 9.43. The summed E-state index contributed by atoms with van der Waals surface area (Å²) in [6.45, 7) is 6.55. The summed E-state index contributed by atoms with van der Waals surface area (Å²) in [5, 5.41) is 0. The van der Waals surface area contributed by atoms with E-state index in [0.29, 0.717) is 0 Å². The van der Waals surface area contributed by atoms with Crippen LogP contribution in [0.3, 0.4) is 0 Å². The smallest absolute Gasteiger partial charge is 0.166 e. The van der Waals surface area contributed by atoms with Crippen molar-refractivity contribution in [3.05, 3.63) is 90.0 Å². The molecule has 3 rings (SSSR count). The van der Waals surface area contributed by atoms with Gasteiger partial charge in [0.2, 0.25) is 0 Å². The minimum Gasteiger partial charge on any atom is -0.207 e. The quantitative estimate of drug-likeness (QED) is 0.480. The SMILES string of the molecule is CC(C)(C)c1ccc([S+](c2ccc(F)cc2)c2ccc(F)cc2)cc1. The van der Waals surface area contributed by atoms with Gasteiger partial charge in [0.15, 0.2) is 14.7 Å². The third kappa shape index (κ3) is 4.10. The minimum atomic E-state index is -0.400. The number of halogens is 2. The van der Waals surface area contributed by atoms with Crippen molar-refractivity contribution in [2.45, 2.75) is 40.9 Å². The third-order valence-electron chi connectivity index (χ3n) is 4.05. The summed E-state index contributed by atoms with van der Waals surface area (Å²) >= 11 is 0.